The van der Waals surface area contributed by atoms with Crippen LogP contribution in [0.3, 0.4) is 0 Å². The van der Waals surface area contributed by atoms with E-state index < -0.39 is 0 Å². The Balaban J connectivity index is 1.54. The number of para-hydroxylation sites is 1. The molecule has 1 aromatic heterocycles. The van der Waals surface area contributed by atoms with Gasteiger partial charge in [-0.3, -0.25) is 25.4 Å². The van der Waals surface area contributed by atoms with Gasteiger partial charge in [-0.25, -0.2) is 0 Å². The van der Waals surface area contributed by atoms with Crippen LogP contribution < -0.4 is 15.8 Å². The molecule has 0 bridgehead atoms. The third-order valence-corrected chi connectivity index (χ3v) is 4.89. The fourth-order valence-corrected chi connectivity index (χ4v) is 3.15. The molecule has 2 amide bonds. The van der Waals surface area contributed by atoms with E-state index in [1.165, 1.54) is 0 Å². The van der Waals surface area contributed by atoms with Crippen molar-refractivity contribution in [3.63, 3.8) is 0 Å². The molecule has 6 nitrogen and oxygen atoms in total. The monoisotopic (exact) mass is 374 g/mol. The zero-order valence-corrected chi connectivity index (χ0v) is 15.9. The van der Waals surface area contributed by atoms with Gasteiger partial charge in [-0.05, 0) is 43.2 Å². The summed E-state index contributed by atoms with van der Waals surface area (Å²) in [5, 5.41) is 0.772. The molecule has 1 aliphatic carbocycles. The molecule has 0 radical (unpaired) electrons. The van der Waals surface area contributed by atoms with Crippen LogP contribution in [-0.2, 0) is 0 Å². The van der Waals surface area contributed by atoms with E-state index in [1.54, 1.807) is 12.1 Å². The predicted octanol–water partition coefficient (Wildman–Crippen LogP) is 3.25. The zero-order chi connectivity index (χ0) is 19.7. The van der Waals surface area contributed by atoms with Crippen LogP contribution in [0.25, 0.3) is 10.9 Å². The van der Waals surface area contributed by atoms with Crippen molar-refractivity contribution in [2.24, 2.45) is 0 Å². The molecule has 142 valence electrons. The number of benzene rings is 2. The summed E-state index contributed by atoms with van der Waals surface area (Å²) in [6, 6.07) is 16.6. The molecule has 2 aromatic carbocycles. The first-order valence-corrected chi connectivity index (χ1v) is 9.30. The molecule has 0 atom stereocenters. The molecular weight excluding hydrogens is 352 g/mol. The average molecular weight is 374 g/mol. The third-order valence-electron chi connectivity index (χ3n) is 4.89. The van der Waals surface area contributed by atoms with Crippen molar-refractivity contribution in [2.75, 3.05) is 19.0 Å². The molecule has 2 N–H and O–H groups in total. The lowest BCUT2D eigenvalue weighted by Crippen LogP contribution is -2.41. The quantitative estimate of drug-likeness (QED) is 0.688. The van der Waals surface area contributed by atoms with Crippen LogP contribution in [0.2, 0.25) is 0 Å². The predicted molar refractivity (Wildman–Crippen MR) is 109 cm³/mol. The third kappa shape index (κ3) is 3.67. The summed E-state index contributed by atoms with van der Waals surface area (Å²) < 4.78 is 0. The topological polar surface area (TPSA) is 74.3 Å². The molecule has 0 saturated heterocycles. The van der Waals surface area contributed by atoms with Gasteiger partial charge >= 0.3 is 0 Å². The number of fused-ring (bicyclic) bond motifs is 1. The number of hydrogen-bond donors (Lipinski definition) is 2. The van der Waals surface area contributed by atoms with Crippen LogP contribution in [0, 0.1) is 0 Å². The summed E-state index contributed by atoms with van der Waals surface area (Å²) in [6.07, 6.45) is 2.21. The summed E-state index contributed by atoms with van der Waals surface area (Å²) in [5.41, 5.74) is 8.70. The lowest BCUT2D eigenvalue weighted by Gasteiger charge is -2.14. The smallest absolute Gasteiger partial charge is 0.270 e. The van der Waals surface area contributed by atoms with Crippen LogP contribution in [-0.4, -0.2) is 30.9 Å². The summed E-state index contributed by atoms with van der Waals surface area (Å²) in [4.78, 5) is 31.8. The van der Waals surface area contributed by atoms with Gasteiger partial charge < -0.3 is 4.90 Å². The van der Waals surface area contributed by atoms with Crippen molar-refractivity contribution >= 4 is 28.4 Å². The van der Waals surface area contributed by atoms with Crippen molar-refractivity contribution < 1.29 is 9.59 Å². The van der Waals surface area contributed by atoms with Crippen molar-refractivity contribution in [3.05, 3.63) is 71.4 Å². The van der Waals surface area contributed by atoms with Gasteiger partial charge in [0.25, 0.3) is 11.8 Å². The molecule has 0 aliphatic heterocycles. The maximum Gasteiger partial charge on any atom is 0.270 e. The number of amides is 2. The minimum atomic E-state index is -0.363. The Labute approximate surface area is 163 Å². The molecule has 0 spiro atoms. The van der Waals surface area contributed by atoms with Crippen LogP contribution in [0.15, 0.2) is 54.6 Å². The average Bonchev–Trinajstić information content (AvgIpc) is 3.56. The van der Waals surface area contributed by atoms with Gasteiger partial charge in [-0.2, -0.15) is 0 Å². The molecule has 3 aromatic rings. The molecule has 1 heterocycles. The van der Waals surface area contributed by atoms with Crippen molar-refractivity contribution in [2.45, 2.75) is 18.8 Å². The second-order valence-electron chi connectivity index (χ2n) is 7.24. The Morgan fingerprint density at radius 3 is 2.46 bits per heavy atom. The molecular formula is C22H22N4O2. The van der Waals surface area contributed by atoms with Crippen LogP contribution in [0.5, 0.6) is 0 Å². The van der Waals surface area contributed by atoms with Gasteiger partial charge in [0.1, 0.15) is 0 Å². The van der Waals surface area contributed by atoms with Crippen LogP contribution >= 0.6 is 0 Å². The fraction of sp³-hybridized carbons (Fsp3) is 0.227. The van der Waals surface area contributed by atoms with Gasteiger partial charge in [-0.1, -0.05) is 24.3 Å². The van der Waals surface area contributed by atoms with Crippen LogP contribution in [0.4, 0.5) is 5.69 Å². The Hall–Kier alpha value is -3.41. The number of anilines is 1. The molecule has 1 saturated carbocycles. The van der Waals surface area contributed by atoms with Gasteiger partial charge in [0.2, 0.25) is 0 Å². The van der Waals surface area contributed by atoms with E-state index in [2.05, 4.69) is 15.8 Å². The standard InChI is InChI=1S/C22H22N4O2/c1-26(2)16-7-5-6-15(12-16)21(27)24-25-22(28)18-13-20(14-10-11-14)23-19-9-4-3-8-17(18)19/h3-9,12-14H,10-11H2,1-2H3,(H,24,27)(H,25,28). The molecule has 0 unspecified atom stereocenters. The van der Waals surface area contributed by atoms with Crippen molar-refractivity contribution in [1.29, 1.82) is 0 Å². The first-order valence-electron chi connectivity index (χ1n) is 9.30. The highest BCUT2D eigenvalue weighted by Gasteiger charge is 2.27. The summed E-state index contributed by atoms with van der Waals surface area (Å²) in [6.45, 7) is 0. The molecule has 1 fully saturated rings. The normalized spacial score (nSPS) is 13.2. The summed E-state index contributed by atoms with van der Waals surface area (Å²) in [5.74, 6) is -0.282. The first kappa shape index (κ1) is 18.0. The highest BCUT2D eigenvalue weighted by atomic mass is 16.2. The Morgan fingerprint density at radius 2 is 1.71 bits per heavy atom. The Kier molecular flexibility index (Phi) is 4.69. The number of hydrogen-bond acceptors (Lipinski definition) is 4. The summed E-state index contributed by atoms with van der Waals surface area (Å²) in [7, 11) is 3.82. The van der Waals surface area contributed by atoms with Crippen LogP contribution in [0.1, 0.15) is 45.2 Å². The first-order chi connectivity index (χ1) is 13.5. The fourth-order valence-electron chi connectivity index (χ4n) is 3.15. The lowest BCUT2D eigenvalue weighted by molar-refractivity contribution is 0.0847. The second-order valence-corrected chi connectivity index (χ2v) is 7.24. The molecule has 4 rings (SSSR count). The van der Waals surface area contributed by atoms with E-state index in [0.29, 0.717) is 17.0 Å². The van der Waals surface area contributed by atoms with Crippen molar-refractivity contribution in [3.8, 4) is 0 Å². The van der Waals surface area contributed by atoms with E-state index >= 15 is 0 Å². The lowest BCUT2D eigenvalue weighted by atomic mass is 10.1. The van der Waals surface area contributed by atoms with Crippen molar-refractivity contribution in [1.82, 2.24) is 15.8 Å². The Bertz CT molecular complexity index is 1060. The number of rotatable bonds is 4. The van der Waals surface area contributed by atoms with E-state index in [1.807, 2.05) is 61.5 Å². The molecule has 1 aliphatic rings. The zero-order valence-electron chi connectivity index (χ0n) is 15.9. The number of nitrogens with zero attached hydrogens (tertiary/aromatic N) is 2. The SMILES string of the molecule is CN(C)c1cccc(C(=O)NNC(=O)c2cc(C3CC3)nc3ccccc23)c1. The second kappa shape index (κ2) is 7.31. The number of hydrazine groups is 1. The highest BCUT2D eigenvalue weighted by Crippen LogP contribution is 2.40. The number of carbonyl (C=O) groups excluding carboxylic acids is 2. The van der Waals surface area contributed by atoms with E-state index in [9.17, 15) is 9.59 Å². The summed E-state index contributed by atoms with van der Waals surface area (Å²) >= 11 is 0. The number of pyridine rings is 1. The largest absolute Gasteiger partial charge is 0.378 e. The maximum absolute atomic E-state index is 12.8. The highest BCUT2D eigenvalue weighted by molar-refractivity contribution is 6.07. The van der Waals surface area contributed by atoms with E-state index in [-0.39, 0.29) is 11.8 Å². The Morgan fingerprint density at radius 1 is 0.964 bits per heavy atom. The van der Waals surface area contributed by atoms with Gasteiger partial charge in [-0.15, -0.1) is 0 Å². The van der Waals surface area contributed by atoms with E-state index in [0.717, 1.165) is 35.1 Å². The van der Waals surface area contributed by atoms with Gasteiger partial charge in [0.15, 0.2) is 0 Å². The molecule has 6 heteroatoms. The number of carbonyl (C=O) groups is 2. The molecule has 28 heavy (non-hydrogen) atoms. The maximum atomic E-state index is 12.8. The van der Waals surface area contributed by atoms with E-state index in [4.69, 9.17) is 0 Å². The minimum absolute atomic E-state index is 0.349. The van der Waals surface area contributed by atoms with Gasteiger partial charge in [0.05, 0.1) is 11.1 Å². The van der Waals surface area contributed by atoms with Gasteiger partial charge in [0, 0.05) is 42.3 Å². The minimum Gasteiger partial charge on any atom is -0.378 e. The number of aromatic nitrogens is 1. The number of nitrogens with one attached hydrogen (secondary N) is 2.